The molecule has 2 atom stereocenters. The summed E-state index contributed by atoms with van der Waals surface area (Å²) in [5.74, 6) is -1.17. The number of rotatable bonds is 5. The first kappa shape index (κ1) is 24.2. The molecule has 0 aromatic heterocycles. The van der Waals surface area contributed by atoms with Crippen molar-refractivity contribution >= 4 is 17.9 Å². The summed E-state index contributed by atoms with van der Waals surface area (Å²) in [6, 6.07) is 11.0. The summed E-state index contributed by atoms with van der Waals surface area (Å²) in [6.45, 7) is 0.851. The summed E-state index contributed by atoms with van der Waals surface area (Å²) < 4.78 is 20.4. The molecular formula is C25H25FN4O5. The summed E-state index contributed by atoms with van der Waals surface area (Å²) in [5.41, 5.74) is 3.19. The maximum absolute atomic E-state index is 14.9. The lowest BCUT2D eigenvalue weighted by molar-refractivity contribution is -0.133. The Balaban J connectivity index is 1.44. The average molecular weight is 480 g/mol. The largest absolute Gasteiger partial charge is 0.465 e. The van der Waals surface area contributed by atoms with Gasteiger partial charge in [0.15, 0.2) is 6.10 Å². The van der Waals surface area contributed by atoms with Crippen molar-refractivity contribution < 1.29 is 28.6 Å². The average Bonchev–Trinajstić information content (AvgIpc) is 3.00. The molecule has 1 saturated heterocycles. The van der Waals surface area contributed by atoms with Crippen LogP contribution in [0.2, 0.25) is 0 Å². The number of amides is 3. The molecule has 0 spiro atoms. The van der Waals surface area contributed by atoms with Crippen molar-refractivity contribution in [2.45, 2.75) is 31.5 Å². The number of fused-ring (bicyclic) bond motifs is 1. The van der Waals surface area contributed by atoms with Crippen LogP contribution in [0.1, 0.15) is 27.9 Å². The molecule has 2 aromatic carbocycles. The molecule has 3 amide bonds. The minimum atomic E-state index is -1.14. The molecule has 0 bridgehead atoms. The number of nitrogens with zero attached hydrogens (tertiary/aromatic N) is 3. The van der Waals surface area contributed by atoms with E-state index in [1.54, 1.807) is 36.2 Å². The molecule has 1 unspecified atom stereocenters. The van der Waals surface area contributed by atoms with E-state index in [1.165, 1.54) is 6.07 Å². The Labute approximate surface area is 201 Å². The van der Waals surface area contributed by atoms with Gasteiger partial charge in [-0.15, -0.1) is 0 Å². The zero-order valence-electron chi connectivity index (χ0n) is 19.2. The van der Waals surface area contributed by atoms with E-state index in [2.05, 4.69) is 5.32 Å². The van der Waals surface area contributed by atoms with Gasteiger partial charge in [-0.25, -0.2) is 9.18 Å². The van der Waals surface area contributed by atoms with Crippen molar-refractivity contribution in [3.63, 3.8) is 0 Å². The van der Waals surface area contributed by atoms with Crippen LogP contribution in [0.25, 0.3) is 11.1 Å². The first-order valence-electron chi connectivity index (χ1n) is 11.2. The van der Waals surface area contributed by atoms with Gasteiger partial charge < -0.3 is 25.0 Å². The number of ether oxygens (including phenoxy) is 1. The molecule has 2 N–H and O–H groups in total. The van der Waals surface area contributed by atoms with Crippen LogP contribution in [0.3, 0.4) is 0 Å². The minimum absolute atomic E-state index is 0.0393. The van der Waals surface area contributed by atoms with E-state index in [1.807, 2.05) is 12.1 Å². The van der Waals surface area contributed by atoms with E-state index in [0.29, 0.717) is 24.1 Å². The van der Waals surface area contributed by atoms with Crippen molar-refractivity contribution in [2.75, 3.05) is 26.7 Å². The Hall–Kier alpha value is -3.97. The number of nitriles is 1. The standard InChI is InChI=1S/C25H25FN4O5/c1-29-13-18-9-15(5-6-20(18)24(29)32)16-3-4-17(21(26)11-16)10-19(12-27)28-23(31)22-14-30(25(33)34)7-2-8-35-22/h3-6,9,11,19,22H,2,7-8,10,13-14H2,1H3,(H,28,31)(H,33,34)/t19?,22-/m0/s1. The quantitative estimate of drug-likeness (QED) is 0.678. The van der Waals surface area contributed by atoms with Gasteiger partial charge in [-0.3, -0.25) is 9.59 Å². The highest BCUT2D eigenvalue weighted by Gasteiger charge is 2.29. The van der Waals surface area contributed by atoms with E-state index in [-0.39, 0.29) is 37.6 Å². The zero-order chi connectivity index (χ0) is 25.1. The molecule has 35 heavy (non-hydrogen) atoms. The van der Waals surface area contributed by atoms with E-state index in [4.69, 9.17) is 4.74 Å². The molecule has 9 nitrogen and oxygen atoms in total. The first-order chi connectivity index (χ1) is 16.8. The number of hydrogen-bond donors (Lipinski definition) is 2. The number of benzene rings is 2. The molecule has 0 radical (unpaired) electrons. The maximum Gasteiger partial charge on any atom is 0.407 e. The highest BCUT2D eigenvalue weighted by atomic mass is 19.1. The Morgan fingerprint density at radius 2 is 2.03 bits per heavy atom. The summed E-state index contributed by atoms with van der Waals surface area (Å²) in [5, 5.41) is 21.3. The molecule has 2 aromatic rings. The van der Waals surface area contributed by atoms with Gasteiger partial charge in [0.05, 0.1) is 12.6 Å². The number of halogens is 1. The highest BCUT2D eigenvalue weighted by Crippen LogP contribution is 2.29. The molecule has 2 aliphatic rings. The topological polar surface area (TPSA) is 123 Å². The third-order valence-corrected chi connectivity index (χ3v) is 6.21. The Morgan fingerprint density at radius 1 is 1.29 bits per heavy atom. The molecule has 10 heteroatoms. The third kappa shape index (κ3) is 5.25. The molecule has 182 valence electrons. The summed E-state index contributed by atoms with van der Waals surface area (Å²) >= 11 is 0. The van der Waals surface area contributed by atoms with Gasteiger partial charge in [0, 0.05) is 38.7 Å². The van der Waals surface area contributed by atoms with E-state index < -0.39 is 30.0 Å². The van der Waals surface area contributed by atoms with Gasteiger partial charge in [0.25, 0.3) is 11.8 Å². The molecule has 0 aliphatic carbocycles. The Kier molecular flexibility index (Phi) is 6.98. The Morgan fingerprint density at radius 3 is 2.74 bits per heavy atom. The molecule has 2 heterocycles. The van der Waals surface area contributed by atoms with E-state index in [0.717, 1.165) is 16.0 Å². The van der Waals surface area contributed by atoms with Crippen molar-refractivity contribution in [3.8, 4) is 17.2 Å². The van der Waals surface area contributed by atoms with Crippen LogP contribution in [0.15, 0.2) is 36.4 Å². The second-order valence-electron chi connectivity index (χ2n) is 8.68. The first-order valence-corrected chi connectivity index (χ1v) is 11.2. The molecular weight excluding hydrogens is 455 g/mol. The zero-order valence-corrected chi connectivity index (χ0v) is 19.2. The van der Waals surface area contributed by atoms with Gasteiger partial charge >= 0.3 is 6.09 Å². The highest BCUT2D eigenvalue weighted by molar-refractivity contribution is 5.98. The second-order valence-corrected chi connectivity index (χ2v) is 8.68. The van der Waals surface area contributed by atoms with E-state index in [9.17, 15) is 29.1 Å². The smallest absolute Gasteiger partial charge is 0.407 e. The van der Waals surface area contributed by atoms with Crippen LogP contribution in [0.5, 0.6) is 0 Å². The summed E-state index contributed by atoms with van der Waals surface area (Å²) in [6.07, 6.45) is -1.78. The van der Waals surface area contributed by atoms with E-state index >= 15 is 0 Å². The van der Waals surface area contributed by atoms with Crippen molar-refractivity contribution in [1.29, 1.82) is 5.26 Å². The molecule has 4 rings (SSSR count). The van der Waals surface area contributed by atoms with Crippen molar-refractivity contribution in [3.05, 3.63) is 58.9 Å². The number of carbonyl (C=O) groups excluding carboxylic acids is 2. The van der Waals surface area contributed by atoms with Gasteiger partial charge in [-0.05, 0) is 46.9 Å². The van der Waals surface area contributed by atoms with Gasteiger partial charge in [0.2, 0.25) is 0 Å². The normalized spacial score (nSPS) is 18.4. The number of hydrogen-bond acceptors (Lipinski definition) is 5. The predicted molar refractivity (Wildman–Crippen MR) is 123 cm³/mol. The fourth-order valence-corrected chi connectivity index (χ4v) is 4.31. The molecule has 0 saturated carbocycles. The summed E-state index contributed by atoms with van der Waals surface area (Å²) in [4.78, 5) is 38.7. The maximum atomic E-state index is 14.9. The van der Waals surface area contributed by atoms with Gasteiger partial charge in [0.1, 0.15) is 11.9 Å². The van der Waals surface area contributed by atoms with Crippen molar-refractivity contribution in [1.82, 2.24) is 15.1 Å². The number of nitrogens with one attached hydrogen (secondary N) is 1. The lowest BCUT2D eigenvalue weighted by Gasteiger charge is -2.22. The van der Waals surface area contributed by atoms with Crippen LogP contribution in [0, 0.1) is 17.1 Å². The van der Waals surface area contributed by atoms with Crippen LogP contribution < -0.4 is 5.32 Å². The fraction of sp³-hybridized carbons (Fsp3) is 0.360. The van der Waals surface area contributed by atoms with Crippen LogP contribution in [0.4, 0.5) is 9.18 Å². The third-order valence-electron chi connectivity index (χ3n) is 6.21. The fourth-order valence-electron chi connectivity index (χ4n) is 4.31. The lowest BCUT2D eigenvalue weighted by Crippen LogP contribution is -2.47. The van der Waals surface area contributed by atoms with Crippen LogP contribution in [-0.4, -0.2) is 71.7 Å². The summed E-state index contributed by atoms with van der Waals surface area (Å²) in [7, 11) is 1.73. The molecule has 2 aliphatic heterocycles. The lowest BCUT2D eigenvalue weighted by atomic mass is 9.97. The SMILES string of the molecule is CN1Cc2cc(-c3ccc(CC(C#N)NC(=O)[C@@H]4CN(C(=O)O)CCCO4)c(F)c3)ccc2C1=O. The van der Waals surface area contributed by atoms with Crippen molar-refractivity contribution in [2.24, 2.45) is 0 Å². The predicted octanol–water partition coefficient (Wildman–Crippen LogP) is 2.40. The second kappa shape index (κ2) is 10.1. The monoisotopic (exact) mass is 480 g/mol. The van der Waals surface area contributed by atoms with Gasteiger partial charge in [-0.1, -0.05) is 18.2 Å². The number of carbonyl (C=O) groups is 3. The minimum Gasteiger partial charge on any atom is -0.465 e. The van der Waals surface area contributed by atoms with Crippen LogP contribution in [-0.2, 0) is 22.5 Å². The van der Waals surface area contributed by atoms with Gasteiger partial charge in [-0.2, -0.15) is 5.26 Å². The van der Waals surface area contributed by atoms with Crippen LogP contribution >= 0.6 is 0 Å². The molecule has 1 fully saturated rings. The number of carboxylic acid groups (broad SMARTS) is 1. The Bertz CT molecular complexity index is 1210.